The van der Waals surface area contributed by atoms with Crippen molar-refractivity contribution in [1.82, 2.24) is 0 Å². The minimum atomic E-state index is -5.14. The van der Waals surface area contributed by atoms with Gasteiger partial charge in [0, 0.05) is 5.56 Å². The van der Waals surface area contributed by atoms with Gasteiger partial charge < -0.3 is 25.7 Å². The second-order valence-corrected chi connectivity index (χ2v) is 6.37. The van der Waals surface area contributed by atoms with Gasteiger partial charge in [-0.25, -0.2) is 0 Å². The van der Waals surface area contributed by atoms with Crippen molar-refractivity contribution in [2.45, 2.75) is 12.1 Å². The lowest BCUT2D eigenvalue weighted by Crippen LogP contribution is -2.36. The van der Waals surface area contributed by atoms with Gasteiger partial charge in [-0.1, -0.05) is 24.3 Å². The predicted molar refractivity (Wildman–Crippen MR) is 75.8 cm³/mol. The molecule has 0 bridgehead atoms. The Morgan fingerprint density at radius 3 is 1.95 bits per heavy atom. The highest BCUT2D eigenvalue weighted by Gasteiger charge is 2.45. The number of amidine groups is 1. The van der Waals surface area contributed by atoms with Crippen LogP contribution in [0.25, 0.3) is 0 Å². The van der Waals surface area contributed by atoms with E-state index < -0.39 is 31.1 Å². The minimum absolute atomic E-state index is 0.194. The normalized spacial score (nSPS) is 14.1. The second-order valence-electron chi connectivity index (χ2n) is 4.63. The van der Waals surface area contributed by atoms with Gasteiger partial charge in [0.15, 0.2) is 5.66 Å². The fourth-order valence-electron chi connectivity index (χ4n) is 1.96. The van der Waals surface area contributed by atoms with Crippen LogP contribution in [0.4, 0.5) is 0 Å². The van der Waals surface area contributed by atoms with E-state index in [1.54, 1.807) is 0 Å². The van der Waals surface area contributed by atoms with E-state index >= 15 is 0 Å². The number of benzene rings is 1. The van der Waals surface area contributed by atoms with E-state index in [9.17, 15) is 14.2 Å². The number of aliphatic carboxylic acids is 2. The van der Waals surface area contributed by atoms with Crippen molar-refractivity contribution in [2.24, 2.45) is 11.7 Å². The monoisotopic (exact) mass is 330 g/mol. The number of hydrogen-bond donors (Lipinski definition) is 6. The van der Waals surface area contributed by atoms with E-state index in [0.29, 0.717) is 11.1 Å². The van der Waals surface area contributed by atoms with Gasteiger partial charge in [-0.05, 0) is 12.0 Å². The first kappa shape index (κ1) is 17.8. The molecule has 0 amide bonds. The van der Waals surface area contributed by atoms with Crippen LogP contribution in [-0.4, -0.2) is 43.4 Å². The van der Waals surface area contributed by atoms with E-state index in [1.807, 2.05) is 0 Å². The van der Waals surface area contributed by atoms with Crippen LogP contribution in [0.3, 0.4) is 0 Å². The fourth-order valence-corrected chi connectivity index (χ4v) is 2.95. The summed E-state index contributed by atoms with van der Waals surface area (Å²) in [6, 6.07) is 5.71. The molecule has 1 aromatic carbocycles. The van der Waals surface area contributed by atoms with Gasteiger partial charge in [0.05, 0.1) is 5.92 Å². The molecule has 0 aliphatic heterocycles. The number of carbonyl (C=O) groups is 2. The summed E-state index contributed by atoms with van der Waals surface area (Å²) in [7, 11) is -5.14. The molecule has 120 valence electrons. The molecule has 2 unspecified atom stereocenters. The zero-order valence-corrected chi connectivity index (χ0v) is 12.1. The van der Waals surface area contributed by atoms with Gasteiger partial charge in [-0.15, -0.1) is 0 Å². The molecule has 0 spiro atoms. The predicted octanol–water partition coefficient (Wildman–Crippen LogP) is -0.155. The fraction of sp³-hybridized carbons (Fsp3) is 0.250. The standard InChI is InChI=1S/C12H15N2O7P/c13-10(14)7-3-1-6(2-4-7)5-8(11(15)16)9(12(17)18)22(19,20)21/h1-4,8-9H,5H2,(H3,13,14)(H,15,16)(H,17,18)(H2,19,20,21). The Kier molecular flexibility index (Phi) is 5.43. The quantitative estimate of drug-likeness (QED) is 0.226. The van der Waals surface area contributed by atoms with Gasteiger partial charge in [-0.3, -0.25) is 19.6 Å². The van der Waals surface area contributed by atoms with Crippen LogP contribution < -0.4 is 5.73 Å². The molecule has 0 aromatic heterocycles. The van der Waals surface area contributed by atoms with Crippen LogP contribution in [0.2, 0.25) is 0 Å². The van der Waals surface area contributed by atoms with Crippen molar-refractivity contribution in [3.63, 3.8) is 0 Å². The molecule has 0 saturated carbocycles. The number of nitrogens with two attached hydrogens (primary N) is 1. The third-order valence-electron chi connectivity index (χ3n) is 3.03. The molecule has 9 nitrogen and oxygen atoms in total. The summed E-state index contributed by atoms with van der Waals surface area (Å²) in [4.78, 5) is 40.4. The topological polar surface area (TPSA) is 182 Å². The summed E-state index contributed by atoms with van der Waals surface area (Å²) in [5.74, 6) is -5.48. The van der Waals surface area contributed by atoms with Gasteiger partial charge in [0.25, 0.3) is 0 Å². The average Bonchev–Trinajstić information content (AvgIpc) is 2.36. The highest BCUT2D eigenvalue weighted by atomic mass is 31.2. The lowest BCUT2D eigenvalue weighted by Gasteiger charge is -2.21. The molecule has 1 aromatic rings. The van der Waals surface area contributed by atoms with E-state index in [0.717, 1.165) is 0 Å². The van der Waals surface area contributed by atoms with Crippen molar-refractivity contribution < 1.29 is 34.2 Å². The Hall–Kier alpha value is -2.22. The van der Waals surface area contributed by atoms with Crippen LogP contribution in [0.5, 0.6) is 0 Å². The highest BCUT2D eigenvalue weighted by molar-refractivity contribution is 7.53. The highest BCUT2D eigenvalue weighted by Crippen LogP contribution is 2.46. The van der Waals surface area contributed by atoms with Crippen molar-refractivity contribution in [3.05, 3.63) is 35.4 Å². The van der Waals surface area contributed by atoms with Crippen LogP contribution in [0.1, 0.15) is 11.1 Å². The molecule has 0 aliphatic carbocycles. The minimum Gasteiger partial charge on any atom is -0.481 e. The Balaban J connectivity index is 3.11. The van der Waals surface area contributed by atoms with Gasteiger partial charge >= 0.3 is 19.5 Å². The Morgan fingerprint density at radius 1 is 1.14 bits per heavy atom. The van der Waals surface area contributed by atoms with E-state index in [4.69, 9.17) is 31.1 Å². The molecule has 0 aliphatic rings. The number of carboxylic acid groups (broad SMARTS) is 2. The molecular formula is C12H15N2O7P. The largest absolute Gasteiger partial charge is 0.481 e. The van der Waals surface area contributed by atoms with Gasteiger partial charge in [-0.2, -0.15) is 0 Å². The van der Waals surface area contributed by atoms with Crippen LogP contribution in [-0.2, 0) is 20.6 Å². The van der Waals surface area contributed by atoms with Crippen LogP contribution >= 0.6 is 7.60 Å². The molecule has 1 rings (SSSR count). The maximum Gasteiger partial charge on any atom is 0.340 e. The molecule has 10 heteroatoms. The number of carboxylic acids is 2. The van der Waals surface area contributed by atoms with E-state index in [-0.39, 0.29) is 12.3 Å². The van der Waals surface area contributed by atoms with Crippen molar-refractivity contribution >= 4 is 25.4 Å². The Bertz CT molecular complexity index is 637. The van der Waals surface area contributed by atoms with Gasteiger partial charge in [0.1, 0.15) is 5.84 Å². The first-order valence-corrected chi connectivity index (χ1v) is 7.66. The zero-order valence-electron chi connectivity index (χ0n) is 11.2. The van der Waals surface area contributed by atoms with Crippen molar-refractivity contribution in [1.29, 1.82) is 5.41 Å². The lowest BCUT2D eigenvalue weighted by molar-refractivity contribution is -0.148. The smallest absolute Gasteiger partial charge is 0.340 e. The zero-order chi connectivity index (χ0) is 17.1. The van der Waals surface area contributed by atoms with Gasteiger partial charge in [0.2, 0.25) is 0 Å². The third kappa shape index (κ3) is 4.39. The van der Waals surface area contributed by atoms with Crippen LogP contribution in [0.15, 0.2) is 24.3 Å². The number of nitrogen functional groups attached to an aromatic ring is 1. The third-order valence-corrected chi connectivity index (χ3v) is 4.34. The summed E-state index contributed by atoms with van der Waals surface area (Å²) < 4.78 is 11.3. The van der Waals surface area contributed by atoms with Crippen LogP contribution in [0, 0.1) is 11.3 Å². The summed E-state index contributed by atoms with van der Waals surface area (Å²) in [5.41, 5.74) is 3.68. The molecule has 2 atom stereocenters. The molecular weight excluding hydrogens is 315 g/mol. The molecule has 7 N–H and O–H groups in total. The first-order chi connectivity index (χ1) is 10.0. The maximum atomic E-state index is 11.3. The molecule has 0 saturated heterocycles. The average molecular weight is 330 g/mol. The summed E-state index contributed by atoms with van der Waals surface area (Å²) >= 11 is 0. The molecule has 0 heterocycles. The molecule has 22 heavy (non-hydrogen) atoms. The molecule has 0 radical (unpaired) electrons. The first-order valence-electron chi connectivity index (χ1n) is 5.98. The summed E-state index contributed by atoms with van der Waals surface area (Å²) in [6.45, 7) is 0. The summed E-state index contributed by atoms with van der Waals surface area (Å²) in [6.07, 6.45) is -0.379. The Morgan fingerprint density at radius 2 is 1.64 bits per heavy atom. The SMILES string of the molecule is N=C(N)c1ccc(CC(C(=O)O)C(C(=O)O)P(=O)(O)O)cc1. The Labute approximate surface area is 125 Å². The van der Waals surface area contributed by atoms with Crippen molar-refractivity contribution in [2.75, 3.05) is 0 Å². The maximum absolute atomic E-state index is 11.3. The number of nitrogens with one attached hydrogen (secondary N) is 1. The second kappa shape index (κ2) is 6.69. The lowest BCUT2D eigenvalue weighted by atomic mass is 9.95. The van der Waals surface area contributed by atoms with Crippen molar-refractivity contribution in [3.8, 4) is 0 Å². The summed E-state index contributed by atoms with van der Waals surface area (Å²) in [5, 5.41) is 25.2. The van der Waals surface area contributed by atoms with E-state index in [1.165, 1.54) is 24.3 Å². The number of rotatable bonds is 7. The molecule has 0 fully saturated rings. The van der Waals surface area contributed by atoms with E-state index in [2.05, 4.69) is 0 Å². The number of hydrogen-bond acceptors (Lipinski definition) is 4.